The number of nitrogens with zero attached hydrogens (tertiary/aromatic N) is 4. The highest BCUT2D eigenvalue weighted by Crippen LogP contribution is 2.03. The van der Waals surface area contributed by atoms with Gasteiger partial charge in [0.05, 0.1) is 32.1 Å². The van der Waals surface area contributed by atoms with Crippen molar-refractivity contribution in [2.24, 2.45) is 22.2 Å². The molecule has 1 aromatic heterocycles. The number of hydrogen-bond donors (Lipinski definition) is 9. The number of carboxylic acid groups (broad SMARTS) is 1. The van der Waals surface area contributed by atoms with E-state index < -0.39 is 85.5 Å². The number of carbonyl (C=O) groups excluding carboxylic acids is 6. The highest BCUT2D eigenvalue weighted by atomic mass is 16.4. The first-order chi connectivity index (χ1) is 19.3. The Kier molecular flexibility index (Phi) is 11.9. The van der Waals surface area contributed by atoms with Crippen LogP contribution in [0.2, 0.25) is 0 Å². The second-order valence-electron chi connectivity index (χ2n) is 8.86. The molecule has 2 bridgehead atoms. The van der Waals surface area contributed by atoms with Crippen molar-refractivity contribution in [1.29, 1.82) is 0 Å². The smallest absolute Gasteiger partial charge is 0.305 e. The molecule has 20 nitrogen and oxygen atoms in total. The molecule has 0 fully saturated rings. The van der Waals surface area contributed by atoms with Gasteiger partial charge >= 0.3 is 5.97 Å². The van der Waals surface area contributed by atoms with Crippen molar-refractivity contribution in [3.05, 3.63) is 11.9 Å². The van der Waals surface area contributed by atoms with Crippen molar-refractivity contribution in [2.45, 2.75) is 56.9 Å². The van der Waals surface area contributed by atoms with Gasteiger partial charge in [0, 0.05) is 6.54 Å². The number of aliphatic carboxylic acids is 1. The second-order valence-corrected chi connectivity index (χ2v) is 8.86. The Morgan fingerprint density at radius 1 is 0.902 bits per heavy atom. The fourth-order valence-electron chi connectivity index (χ4n) is 3.56. The van der Waals surface area contributed by atoms with E-state index >= 15 is 0 Å². The minimum absolute atomic E-state index is 0.0288. The summed E-state index contributed by atoms with van der Waals surface area (Å²) in [6.07, 6.45) is 0.117. The van der Waals surface area contributed by atoms with Crippen LogP contribution < -0.4 is 43.8 Å². The first kappa shape index (κ1) is 31.9. The van der Waals surface area contributed by atoms with E-state index in [4.69, 9.17) is 22.3 Å². The van der Waals surface area contributed by atoms with Gasteiger partial charge in [-0.05, 0) is 12.8 Å². The lowest BCUT2D eigenvalue weighted by atomic mass is 10.1. The summed E-state index contributed by atoms with van der Waals surface area (Å²) in [7, 11) is 0. The van der Waals surface area contributed by atoms with E-state index in [1.54, 1.807) is 0 Å². The number of carboxylic acids is 1. The number of guanidine groups is 1. The summed E-state index contributed by atoms with van der Waals surface area (Å²) in [6.45, 7) is -1.25. The Balaban J connectivity index is 2.33. The monoisotopic (exact) mass is 580 g/mol. The molecule has 12 N–H and O–H groups in total. The molecule has 20 heteroatoms. The molecule has 1 aromatic rings. The predicted molar refractivity (Wildman–Crippen MR) is 137 cm³/mol. The molecule has 0 unspecified atom stereocenters. The number of carbonyl (C=O) groups is 7. The van der Waals surface area contributed by atoms with Crippen LogP contribution in [0.1, 0.15) is 31.4 Å². The summed E-state index contributed by atoms with van der Waals surface area (Å²) in [6, 6.07) is -4.24. The summed E-state index contributed by atoms with van der Waals surface area (Å²) in [5, 5.41) is 28.4. The van der Waals surface area contributed by atoms with Gasteiger partial charge in [-0.2, -0.15) is 0 Å². The van der Waals surface area contributed by atoms with Crippen molar-refractivity contribution in [1.82, 2.24) is 41.6 Å². The highest BCUT2D eigenvalue weighted by molar-refractivity contribution is 5.96. The van der Waals surface area contributed by atoms with E-state index in [-0.39, 0.29) is 37.6 Å². The molecule has 0 saturated carbocycles. The number of amides is 6. The van der Waals surface area contributed by atoms with Crippen molar-refractivity contribution < 1.29 is 38.7 Å². The number of primary amides is 1. The molecule has 224 valence electrons. The summed E-state index contributed by atoms with van der Waals surface area (Å²) < 4.78 is 1.08. The Morgan fingerprint density at radius 3 is 2.20 bits per heavy atom. The van der Waals surface area contributed by atoms with Crippen molar-refractivity contribution in [3.63, 3.8) is 0 Å². The van der Waals surface area contributed by atoms with E-state index in [2.05, 4.69) is 41.9 Å². The molecule has 0 aromatic carbocycles. The largest absolute Gasteiger partial charge is 0.481 e. The molecular weight excluding hydrogens is 548 g/mol. The highest BCUT2D eigenvalue weighted by Gasteiger charge is 2.29. The topological polar surface area (TPSA) is 321 Å². The molecule has 1 aliphatic rings. The Labute approximate surface area is 232 Å². The van der Waals surface area contributed by atoms with Crippen molar-refractivity contribution in [2.75, 3.05) is 13.1 Å². The molecule has 3 atom stereocenters. The number of aromatic nitrogens is 3. The van der Waals surface area contributed by atoms with Gasteiger partial charge in [0.2, 0.25) is 35.4 Å². The lowest BCUT2D eigenvalue weighted by Crippen LogP contribution is -2.56. The van der Waals surface area contributed by atoms with Crippen LogP contribution in [-0.2, 0) is 46.7 Å². The molecule has 6 amide bonds. The minimum Gasteiger partial charge on any atom is -0.481 e. The van der Waals surface area contributed by atoms with E-state index in [9.17, 15) is 33.6 Å². The first-order valence-corrected chi connectivity index (χ1v) is 12.2. The van der Waals surface area contributed by atoms with Gasteiger partial charge in [0.25, 0.3) is 0 Å². The van der Waals surface area contributed by atoms with Gasteiger partial charge in [-0.1, -0.05) is 5.21 Å². The third-order valence-corrected chi connectivity index (χ3v) is 5.42. The van der Waals surface area contributed by atoms with E-state index in [1.807, 2.05) is 0 Å². The van der Waals surface area contributed by atoms with Crippen LogP contribution in [0.5, 0.6) is 0 Å². The molecule has 41 heavy (non-hydrogen) atoms. The molecule has 0 radical (unpaired) electrons. The van der Waals surface area contributed by atoms with Crippen LogP contribution in [0.15, 0.2) is 11.2 Å². The third-order valence-electron chi connectivity index (χ3n) is 5.42. The normalized spacial score (nSPS) is 21.0. The zero-order valence-electron chi connectivity index (χ0n) is 21.8. The van der Waals surface area contributed by atoms with Gasteiger partial charge in [-0.25, -0.2) is 4.68 Å². The number of nitrogens with one attached hydrogen (secondary N) is 5. The average Bonchev–Trinajstić information content (AvgIpc) is 3.32. The number of nitrogens with two attached hydrogens (primary N) is 3. The fourth-order valence-corrected chi connectivity index (χ4v) is 3.56. The third kappa shape index (κ3) is 11.5. The number of hydrogen-bond acceptors (Lipinski definition) is 10. The molecule has 0 aliphatic carbocycles. The van der Waals surface area contributed by atoms with Crippen LogP contribution in [0.4, 0.5) is 0 Å². The van der Waals surface area contributed by atoms with Crippen LogP contribution in [0, 0.1) is 0 Å². The molecule has 2 rings (SSSR count). The zero-order chi connectivity index (χ0) is 30.5. The predicted octanol–water partition coefficient (Wildman–Crippen LogP) is -6.12. The maximum atomic E-state index is 13.0. The second kappa shape index (κ2) is 15.3. The molecule has 1 aliphatic heterocycles. The average molecular weight is 581 g/mol. The van der Waals surface area contributed by atoms with Gasteiger partial charge in [-0.15, -0.1) is 5.10 Å². The number of rotatable bonds is 8. The summed E-state index contributed by atoms with van der Waals surface area (Å²) in [4.78, 5) is 90.2. The van der Waals surface area contributed by atoms with Crippen molar-refractivity contribution >= 4 is 47.4 Å². The molecular formula is C21H32N12O8. The first-order valence-electron chi connectivity index (χ1n) is 12.2. The van der Waals surface area contributed by atoms with E-state index in [0.29, 0.717) is 0 Å². The summed E-state index contributed by atoms with van der Waals surface area (Å²) in [5.41, 5.74) is 16.0. The fraction of sp³-hybridized carbons (Fsp3) is 0.524. The van der Waals surface area contributed by atoms with Crippen LogP contribution in [0.25, 0.3) is 0 Å². The standard InChI is InChI=1S/C21H32N12O8/c22-14(34)4-12-20(41)30-11(2-1-3-25-21(23)24)18(39)27-7-15(35)28-13(5-17(37)38)19(40)26-6-10-8-33(32-31-10)9-16(36)29-12/h8,11-13H,1-7,9H2,(H2,22,34)(H,26,40)(H,27,39)(H,28,35)(H,29,36)(H,30,41)(H,37,38)(H4,23,24,25)/t11-,12+,13-/m1/s1. The maximum Gasteiger partial charge on any atom is 0.305 e. The Morgan fingerprint density at radius 2 is 1.54 bits per heavy atom. The van der Waals surface area contributed by atoms with Gasteiger partial charge < -0.3 is 48.9 Å². The van der Waals surface area contributed by atoms with Crippen LogP contribution in [0.3, 0.4) is 0 Å². The lowest BCUT2D eigenvalue weighted by molar-refractivity contribution is -0.140. The quantitative estimate of drug-likeness (QED) is 0.0788. The zero-order valence-corrected chi connectivity index (χ0v) is 21.8. The van der Waals surface area contributed by atoms with E-state index in [1.165, 1.54) is 6.20 Å². The Hall–Kier alpha value is -5.30. The molecule has 2 heterocycles. The SMILES string of the molecule is NC(=O)C[C@@H]1NC(=O)Cn2cc(nn2)CNC(=O)[C@@H](CC(=O)O)NC(=O)CNC(=O)[C@@H](CCCN=C(N)N)NC1=O. The van der Waals surface area contributed by atoms with E-state index in [0.717, 1.165) is 4.68 Å². The maximum absolute atomic E-state index is 13.0. The Bertz CT molecular complexity index is 1190. The summed E-state index contributed by atoms with van der Waals surface area (Å²) in [5.74, 6) is -6.74. The van der Waals surface area contributed by atoms with Gasteiger partial charge in [0.15, 0.2) is 5.96 Å². The number of fused-ring (bicyclic) bond motifs is 2. The van der Waals surface area contributed by atoms with Crippen LogP contribution in [-0.4, -0.2) is 98.7 Å². The summed E-state index contributed by atoms with van der Waals surface area (Å²) >= 11 is 0. The minimum atomic E-state index is -1.50. The van der Waals surface area contributed by atoms with Crippen molar-refractivity contribution in [3.8, 4) is 0 Å². The lowest BCUT2D eigenvalue weighted by Gasteiger charge is -2.23. The number of aliphatic imine (C=N–C) groups is 1. The molecule has 0 saturated heterocycles. The van der Waals surface area contributed by atoms with Gasteiger partial charge in [0.1, 0.15) is 30.4 Å². The van der Waals surface area contributed by atoms with Gasteiger partial charge in [-0.3, -0.25) is 38.6 Å². The van der Waals surface area contributed by atoms with Crippen LogP contribution >= 0.6 is 0 Å². The molecule has 0 spiro atoms.